The largest absolute Gasteiger partial charge is 0.456 e. The summed E-state index contributed by atoms with van der Waals surface area (Å²) in [7, 11) is 0. The third-order valence-electron chi connectivity index (χ3n) is 19.4. The summed E-state index contributed by atoms with van der Waals surface area (Å²) in [5.74, 6) is 2.52. The molecule has 0 aromatic heterocycles. The molecule has 0 spiro atoms. The first-order valence-electron chi connectivity index (χ1n) is 32.1. The van der Waals surface area contributed by atoms with Gasteiger partial charge in [-0.25, -0.2) is 0 Å². The van der Waals surface area contributed by atoms with Crippen LogP contribution in [-0.2, 0) is 13.2 Å². The molecule has 0 radical (unpaired) electrons. The maximum absolute atomic E-state index is 10.9. The van der Waals surface area contributed by atoms with Crippen LogP contribution in [0.15, 0.2) is 315 Å². The Labute approximate surface area is 542 Å². The molecule has 0 aliphatic rings. The van der Waals surface area contributed by atoms with Crippen LogP contribution in [0.25, 0.3) is 163 Å². The van der Waals surface area contributed by atoms with Crippen LogP contribution in [0.3, 0.4) is 0 Å². The Morgan fingerprint density at radius 2 is 0.468 bits per heavy atom. The normalized spacial score (nSPS) is 11.8. The van der Waals surface area contributed by atoms with Gasteiger partial charge in [0.15, 0.2) is 0 Å². The van der Waals surface area contributed by atoms with E-state index in [1.165, 1.54) is 53.9 Å². The van der Waals surface area contributed by atoms with E-state index in [0.717, 1.165) is 121 Å². The summed E-state index contributed by atoms with van der Waals surface area (Å²) in [5, 5.41) is 44.3. The highest BCUT2D eigenvalue weighted by molar-refractivity contribution is 6.19. The first-order valence-corrected chi connectivity index (χ1v) is 32.1. The summed E-state index contributed by atoms with van der Waals surface area (Å²) in [6, 6.07) is 113. The summed E-state index contributed by atoms with van der Waals surface area (Å²) in [6.45, 7) is -0.280. The zero-order valence-corrected chi connectivity index (χ0v) is 51.1. The quantitative estimate of drug-likeness (QED) is 0.127. The summed E-state index contributed by atoms with van der Waals surface area (Å²) in [6.07, 6.45) is 0. The molecule has 0 amide bonds. The van der Waals surface area contributed by atoms with Crippen LogP contribution in [0.4, 0.5) is 0 Å². The molecule has 4 nitrogen and oxygen atoms in total. The minimum Gasteiger partial charge on any atom is -0.456 e. The lowest BCUT2D eigenvalue weighted by Crippen LogP contribution is -1.98. The highest BCUT2D eigenvalue weighted by Crippen LogP contribution is 2.52. The van der Waals surface area contributed by atoms with Crippen molar-refractivity contribution in [2.45, 2.75) is 13.2 Å². The van der Waals surface area contributed by atoms with Crippen molar-refractivity contribution >= 4 is 108 Å². The van der Waals surface area contributed by atoms with Gasteiger partial charge in [0.25, 0.3) is 0 Å². The van der Waals surface area contributed by atoms with Crippen LogP contribution in [0.1, 0.15) is 11.1 Å². The molecule has 442 valence electrons. The predicted molar refractivity (Wildman–Crippen MR) is 394 cm³/mol. The van der Waals surface area contributed by atoms with Gasteiger partial charge >= 0.3 is 0 Å². The molecule has 18 aromatic rings. The molecule has 0 bridgehead atoms. The average molecular weight is 1200 g/mol. The number of aliphatic hydroxyl groups is 2. The van der Waals surface area contributed by atoms with Crippen molar-refractivity contribution in [3.05, 3.63) is 327 Å². The molecule has 0 atom stereocenters. The number of fused-ring (bicyclic) bond motifs is 14. The van der Waals surface area contributed by atoms with Gasteiger partial charge in [0, 0.05) is 22.3 Å². The van der Waals surface area contributed by atoms with E-state index in [1.54, 1.807) is 0 Å². The lowest BCUT2D eigenvalue weighted by Gasteiger charge is -2.23. The second kappa shape index (κ2) is 22.5. The van der Waals surface area contributed by atoms with E-state index >= 15 is 0 Å². The third-order valence-corrected chi connectivity index (χ3v) is 19.4. The Bertz CT molecular complexity index is 5780. The van der Waals surface area contributed by atoms with Crippen LogP contribution >= 0.6 is 0 Å². The van der Waals surface area contributed by atoms with Crippen LogP contribution in [-0.4, -0.2) is 10.2 Å². The van der Waals surface area contributed by atoms with E-state index in [0.29, 0.717) is 23.0 Å². The van der Waals surface area contributed by atoms with Crippen molar-refractivity contribution in [3.63, 3.8) is 0 Å². The molecular weight excluding hydrogens is 1140 g/mol. The number of hydrogen-bond acceptors (Lipinski definition) is 4. The van der Waals surface area contributed by atoms with Gasteiger partial charge in [-0.2, -0.15) is 0 Å². The van der Waals surface area contributed by atoms with E-state index in [4.69, 9.17) is 9.47 Å². The average Bonchev–Trinajstić information content (AvgIpc) is 0.747. The van der Waals surface area contributed by atoms with Gasteiger partial charge in [-0.3, -0.25) is 0 Å². The number of ether oxygens (including phenoxy) is 2. The lowest BCUT2D eigenvalue weighted by molar-refractivity contribution is 0.281. The molecule has 0 unspecified atom stereocenters. The number of hydrogen-bond donors (Lipinski definition) is 2. The first-order chi connectivity index (χ1) is 46.5. The second-order valence-corrected chi connectivity index (χ2v) is 24.7. The predicted octanol–water partition coefficient (Wildman–Crippen LogP) is 24.1. The molecule has 0 heterocycles. The van der Waals surface area contributed by atoms with Crippen molar-refractivity contribution in [3.8, 4) is 78.6 Å². The topological polar surface area (TPSA) is 58.9 Å². The third kappa shape index (κ3) is 9.14. The molecular formula is C90H58O4. The maximum atomic E-state index is 10.9. The molecule has 4 heteroatoms. The molecule has 0 aliphatic carbocycles. The minimum atomic E-state index is -0.140. The molecule has 0 aliphatic heterocycles. The van der Waals surface area contributed by atoms with Gasteiger partial charge in [0.2, 0.25) is 0 Å². The Balaban J connectivity index is 0.915. The molecule has 0 saturated carbocycles. The van der Waals surface area contributed by atoms with Gasteiger partial charge in [-0.15, -0.1) is 0 Å². The molecule has 0 saturated heterocycles. The maximum Gasteiger partial charge on any atom is 0.136 e. The standard InChI is InChI=1S/C90H58O4/c91-53-55-33-41-85(83(45-55)81-51-59-19-3-7-23-67(59)73-27-11-15-31-77(73)81)93-87-43-37-61-47-63(79-49-57-17-1-5-21-65(57)71-25-9-13-29-75(71)79)35-39-69(61)89(87)90-70-40-36-64(80-50-58-18-2-6-22-66(58)72-26-10-14-30-76(72)80)48-62(70)38-44-88(90)94-86-42-34-56(54-92)46-84(86)82-52-60-20-4-8-24-68(60)74-28-12-16-32-78(74)82/h1-52,91-92H,53-54H2. The van der Waals surface area contributed by atoms with E-state index in [9.17, 15) is 10.2 Å². The molecule has 94 heavy (non-hydrogen) atoms. The van der Waals surface area contributed by atoms with Crippen LogP contribution in [0.2, 0.25) is 0 Å². The second-order valence-electron chi connectivity index (χ2n) is 24.7. The number of benzene rings is 18. The fourth-order valence-electron chi connectivity index (χ4n) is 15.0. The Morgan fingerprint density at radius 3 is 0.809 bits per heavy atom. The fourth-order valence-corrected chi connectivity index (χ4v) is 15.0. The van der Waals surface area contributed by atoms with Crippen molar-refractivity contribution in [2.75, 3.05) is 0 Å². The molecule has 18 rings (SSSR count). The van der Waals surface area contributed by atoms with Crippen molar-refractivity contribution < 1.29 is 19.7 Å². The van der Waals surface area contributed by atoms with Gasteiger partial charge in [-0.05, 0) is 225 Å². The van der Waals surface area contributed by atoms with E-state index in [-0.39, 0.29) is 13.2 Å². The zero-order valence-electron chi connectivity index (χ0n) is 51.1. The van der Waals surface area contributed by atoms with Crippen LogP contribution in [0.5, 0.6) is 23.0 Å². The lowest BCUT2D eigenvalue weighted by atomic mass is 9.88. The molecule has 2 N–H and O–H groups in total. The Morgan fingerprint density at radius 1 is 0.191 bits per heavy atom. The smallest absolute Gasteiger partial charge is 0.136 e. The fraction of sp³-hybridized carbons (Fsp3) is 0.0222. The number of aliphatic hydroxyl groups excluding tert-OH is 2. The van der Waals surface area contributed by atoms with Gasteiger partial charge in [-0.1, -0.05) is 243 Å². The minimum absolute atomic E-state index is 0.140. The summed E-state index contributed by atoms with van der Waals surface area (Å²) < 4.78 is 15.4. The Hall–Kier alpha value is -11.9. The SMILES string of the molecule is OCc1ccc(Oc2ccc3cc(-c4cc5ccccc5c5ccccc45)ccc3c2-c2c(Oc3ccc(CO)cc3-c3cc4ccccc4c4ccccc34)ccc3cc(-c4cc5ccccc5c5ccccc45)ccc23)c(-c2cc3ccccc3c3ccccc23)c1. The van der Waals surface area contributed by atoms with Gasteiger partial charge < -0.3 is 19.7 Å². The monoisotopic (exact) mass is 1200 g/mol. The molecule has 18 aromatic carbocycles. The van der Waals surface area contributed by atoms with E-state index in [1.807, 2.05) is 24.3 Å². The van der Waals surface area contributed by atoms with Crippen molar-refractivity contribution in [2.24, 2.45) is 0 Å². The van der Waals surface area contributed by atoms with Crippen LogP contribution in [0, 0.1) is 0 Å². The highest BCUT2D eigenvalue weighted by Gasteiger charge is 2.25. The Kier molecular flexibility index (Phi) is 13.1. The van der Waals surface area contributed by atoms with Crippen molar-refractivity contribution in [1.82, 2.24) is 0 Å². The van der Waals surface area contributed by atoms with Crippen molar-refractivity contribution in [1.29, 1.82) is 0 Å². The highest BCUT2D eigenvalue weighted by atomic mass is 16.5. The summed E-state index contributed by atoms with van der Waals surface area (Å²) >= 11 is 0. The zero-order chi connectivity index (χ0) is 62.4. The summed E-state index contributed by atoms with van der Waals surface area (Å²) in [5.41, 5.74) is 11.4. The summed E-state index contributed by atoms with van der Waals surface area (Å²) in [4.78, 5) is 0. The van der Waals surface area contributed by atoms with Gasteiger partial charge in [0.1, 0.15) is 23.0 Å². The van der Waals surface area contributed by atoms with Crippen LogP contribution < -0.4 is 9.47 Å². The van der Waals surface area contributed by atoms with E-state index < -0.39 is 0 Å². The first kappa shape index (κ1) is 55.0. The number of rotatable bonds is 11. The van der Waals surface area contributed by atoms with E-state index in [2.05, 4.69) is 291 Å². The molecule has 0 fully saturated rings. The van der Waals surface area contributed by atoms with Gasteiger partial charge in [0.05, 0.1) is 13.2 Å².